The molecule has 0 unspecified atom stereocenters. The molecule has 5 rings (SSSR count). The number of rotatable bonds is 8. The van der Waals surface area contributed by atoms with Crippen molar-refractivity contribution in [1.82, 2.24) is 4.90 Å². The second-order valence-electron chi connectivity index (χ2n) is 12.6. The van der Waals surface area contributed by atoms with Crippen LogP contribution in [0.1, 0.15) is 79.5 Å². The number of carbonyl (C=O) groups excluding carboxylic acids is 2. The zero-order chi connectivity index (χ0) is 34.0. The molecule has 0 aliphatic carbocycles. The number of nitrogens with one attached hydrogen (secondary N) is 1. The Labute approximate surface area is 268 Å². The number of likely N-dealkylation sites (tertiary alicyclic amines) is 1. The highest BCUT2D eigenvalue weighted by molar-refractivity contribution is 6.04. The van der Waals surface area contributed by atoms with Crippen molar-refractivity contribution in [3.8, 4) is 0 Å². The predicted molar refractivity (Wildman–Crippen MR) is 159 cm³/mol. The maximum atomic E-state index is 14.3. The predicted octanol–water partition coefficient (Wildman–Crippen LogP) is 6.48. The van der Waals surface area contributed by atoms with Crippen molar-refractivity contribution in [2.24, 2.45) is 0 Å². The Bertz CT molecular complexity index is 1600. The van der Waals surface area contributed by atoms with Crippen LogP contribution in [0.25, 0.3) is 0 Å². The minimum atomic E-state index is -2.37. The number of anilines is 1. The van der Waals surface area contributed by atoms with Gasteiger partial charge in [0.25, 0.3) is 5.91 Å². The van der Waals surface area contributed by atoms with E-state index < -0.39 is 70.7 Å². The Balaban J connectivity index is 1.39. The Hall–Kier alpha value is -3.91. The SMILES string of the molecule is CC(C)(C)OC(=O)[C@@H]1CCCN1C[C@@H]1C[C@H](c2ccc(CO)cc2)O[C@H](c2cccc(NC(=O)c3c(F)c(F)c(F)c(F)c3F)c2)O1. The lowest BCUT2D eigenvalue weighted by molar-refractivity contribution is -0.253. The highest BCUT2D eigenvalue weighted by Gasteiger charge is 2.39. The summed E-state index contributed by atoms with van der Waals surface area (Å²) in [5.74, 6) is -13.2. The van der Waals surface area contributed by atoms with E-state index in [-0.39, 0.29) is 18.3 Å². The van der Waals surface area contributed by atoms with E-state index in [4.69, 9.17) is 14.2 Å². The number of esters is 1. The Morgan fingerprint density at radius 2 is 1.60 bits per heavy atom. The van der Waals surface area contributed by atoms with Gasteiger partial charge in [-0.25, -0.2) is 22.0 Å². The van der Waals surface area contributed by atoms with Gasteiger partial charge in [0, 0.05) is 24.2 Å². The number of hydrogen-bond donors (Lipinski definition) is 2. The molecular formula is C34H35F5N2O6. The molecule has 2 saturated heterocycles. The van der Waals surface area contributed by atoms with Gasteiger partial charge in [-0.05, 0) is 63.4 Å². The van der Waals surface area contributed by atoms with Gasteiger partial charge < -0.3 is 24.6 Å². The van der Waals surface area contributed by atoms with Gasteiger partial charge in [-0.3, -0.25) is 14.5 Å². The van der Waals surface area contributed by atoms with E-state index in [0.29, 0.717) is 37.1 Å². The highest BCUT2D eigenvalue weighted by atomic mass is 19.2. The van der Waals surface area contributed by atoms with Gasteiger partial charge in [0.2, 0.25) is 5.82 Å². The van der Waals surface area contributed by atoms with Crippen molar-refractivity contribution in [3.63, 3.8) is 0 Å². The van der Waals surface area contributed by atoms with E-state index in [2.05, 4.69) is 5.32 Å². The maximum absolute atomic E-state index is 14.3. The summed E-state index contributed by atoms with van der Waals surface area (Å²) in [6.45, 7) is 6.33. The first-order valence-corrected chi connectivity index (χ1v) is 15.2. The topological polar surface area (TPSA) is 97.3 Å². The summed E-state index contributed by atoms with van der Waals surface area (Å²) in [6, 6.07) is 12.7. The number of carbonyl (C=O) groups is 2. The first-order chi connectivity index (χ1) is 22.3. The maximum Gasteiger partial charge on any atom is 0.323 e. The van der Waals surface area contributed by atoms with Gasteiger partial charge in [-0.2, -0.15) is 0 Å². The molecule has 47 heavy (non-hydrogen) atoms. The average molecular weight is 663 g/mol. The van der Waals surface area contributed by atoms with Crippen molar-refractivity contribution in [1.29, 1.82) is 0 Å². The van der Waals surface area contributed by atoms with E-state index >= 15 is 0 Å². The average Bonchev–Trinajstić information content (AvgIpc) is 3.50. The van der Waals surface area contributed by atoms with Gasteiger partial charge >= 0.3 is 5.97 Å². The summed E-state index contributed by atoms with van der Waals surface area (Å²) in [6.07, 6.45) is -0.0777. The van der Waals surface area contributed by atoms with E-state index in [0.717, 1.165) is 12.0 Å². The molecule has 1 amide bonds. The molecule has 0 radical (unpaired) electrons. The third kappa shape index (κ3) is 7.81. The van der Waals surface area contributed by atoms with Crippen LogP contribution in [0.2, 0.25) is 0 Å². The Kier molecular flexibility index (Phi) is 10.3. The number of aliphatic hydroxyl groups is 1. The van der Waals surface area contributed by atoms with Gasteiger partial charge in [0.1, 0.15) is 17.2 Å². The Morgan fingerprint density at radius 1 is 0.936 bits per heavy atom. The van der Waals surface area contributed by atoms with Crippen LogP contribution in [-0.2, 0) is 25.6 Å². The summed E-state index contributed by atoms with van der Waals surface area (Å²) in [7, 11) is 0. The molecule has 2 N–H and O–H groups in total. The van der Waals surface area contributed by atoms with E-state index in [9.17, 15) is 36.6 Å². The van der Waals surface area contributed by atoms with Crippen LogP contribution in [0, 0.1) is 29.1 Å². The fourth-order valence-corrected chi connectivity index (χ4v) is 5.74. The molecule has 2 aliphatic rings. The molecule has 0 aromatic heterocycles. The second kappa shape index (κ2) is 14.1. The van der Waals surface area contributed by atoms with Gasteiger partial charge in [0.05, 0.1) is 18.8 Å². The number of aliphatic hydroxyl groups excluding tert-OH is 1. The molecule has 2 fully saturated rings. The van der Waals surface area contributed by atoms with Crippen molar-refractivity contribution in [2.75, 3.05) is 18.4 Å². The quantitative estimate of drug-likeness (QED) is 0.123. The smallest absolute Gasteiger partial charge is 0.323 e. The van der Waals surface area contributed by atoms with Crippen molar-refractivity contribution < 1.29 is 50.9 Å². The standard InChI is InChI=1S/C34H35F5N2O6/c1-34(2,3)47-32(44)23-8-5-13-41(23)16-22-15-24(19-11-9-18(17-42)10-12-19)46-33(45-22)20-6-4-7-21(14-20)40-31(43)25-26(35)28(37)30(39)29(38)27(25)36/h4,6-7,9-12,14,22-24,33,42H,5,8,13,15-17H2,1-3H3,(H,40,43)/t22-,23-,24+,33+/m0/s1. The van der Waals surface area contributed by atoms with Crippen LogP contribution in [0.4, 0.5) is 27.6 Å². The third-order valence-corrected chi connectivity index (χ3v) is 7.95. The number of benzene rings is 3. The lowest BCUT2D eigenvalue weighted by Gasteiger charge is -2.38. The fraction of sp³-hybridized carbons (Fsp3) is 0.412. The molecule has 0 saturated carbocycles. The lowest BCUT2D eigenvalue weighted by Crippen LogP contribution is -2.45. The monoisotopic (exact) mass is 662 g/mol. The second-order valence-corrected chi connectivity index (χ2v) is 12.6. The van der Waals surface area contributed by atoms with Crippen LogP contribution in [0.5, 0.6) is 0 Å². The largest absolute Gasteiger partial charge is 0.459 e. The normalized spacial score (nSPS) is 21.9. The number of halogens is 5. The fourth-order valence-electron chi connectivity index (χ4n) is 5.74. The van der Waals surface area contributed by atoms with Crippen molar-refractivity contribution in [2.45, 2.75) is 76.8 Å². The summed E-state index contributed by atoms with van der Waals surface area (Å²) in [5.41, 5.74) is -0.362. The number of nitrogens with zero attached hydrogens (tertiary/aromatic N) is 1. The zero-order valence-electron chi connectivity index (χ0n) is 26.0. The van der Waals surface area contributed by atoms with E-state index in [1.54, 1.807) is 18.2 Å². The van der Waals surface area contributed by atoms with Gasteiger partial charge in [-0.15, -0.1) is 0 Å². The summed E-state index contributed by atoms with van der Waals surface area (Å²) in [4.78, 5) is 27.7. The molecule has 3 aromatic carbocycles. The Morgan fingerprint density at radius 3 is 2.23 bits per heavy atom. The molecule has 2 aliphatic heterocycles. The van der Waals surface area contributed by atoms with Crippen molar-refractivity contribution >= 4 is 17.6 Å². The third-order valence-electron chi connectivity index (χ3n) is 7.95. The molecule has 8 nitrogen and oxygen atoms in total. The summed E-state index contributed by atoms with van der Waals surface area (Å²) < 4.78 is 87.9. The minimum Gasteiger partial charge on any atom is -0.459 e. The zero-order valence-corrected chi connectivity index (χ0v) is 26.0. The summed E-state index contributed by atoms with van der Waals surface area (Å²) in [5, 5.41) is 11.7. The molecule has 13 heteroatoms. The van der Waals surface area contributed by atoms with E-state index in [1.807, 2.05) is 37.8 Å². The van der Waals surface area contributed by atoms with Crippen LogP contribution in [0.15, 0.2) is 48.5 Å². The molecular weight excluding hydrogens is 627 g/mol. The van der Waals surface area contributed by atoms with Crippen LogP contribution >= 0.6 is 0 Å². The number of ether oxygens (including phenoxy) is 3. The summed E-state index contributed by atoms with van der Waals surface area (Å²) >= 11 is 0. The van der Waals surface area contributed by atoms with E-state index in [1.165, 1.54) is 18.2 Å². The van der Waals surface area contributed by atoms with Gasteiger partial charge in [-0.1, -0.05) is 36.4 Å². The van der Waals surface area contributed by atoms with Gasteiger partial charge in [0.15, 0.2) is 29.6 Å². The first-order valence-electron chi connectivity index (χ1n) is 15.2. The first kappa shape index (κ1) is 34.4. The molecule has 0 spiro atoms. The molecule has 252 valence electrons. The van der Waals surface area contributed by atoms with Crippen LogP contribution < -0.4 is 5.32 Å². The van der Waals surface area contributed by atoms with Crippen LogP contribution in [-0.4, -0.2) is 52.7 Å². The number of hydrogen-bond acceptors (Lipinski definition) is 7. The molecule has 3 aromatic rings. The molecule has 4 atom stereocenters. The molecule has 2 heterocycles. The minimum absolute atomic E-state index is 0.0147. The molecule has 0 bridgehead atoms. The number of amides is 1. The van der Waals surface area contributed by atoms with Crippen molar-refractivity contribution in [3.05, 3.63) is 99.9 Å². The highest BCUT2D eigenvalue weighted by Crippen LogP contribution is 2.39. The lowest BCUT2D eigenvalue weighted by atomic mass is 9.99. The van der Waals surface area contributed by atoms with Crippen LogP contribution in [0.3, 0.4) is 0 Å².